The summed E-state index contributed by atoms with van der Waals surface area (Å²) in [5.74, 6) is -0.719. The van der Waals surface area contributed by atoms with E-state index in [4.69, 9.17) is 22.6 Å². The summed E-state index contributed by atoms with van der Waals surface area (Å²) in [4.78, 5) is 12.8. The van der Waals surface area contributed by atoms with Crippen LogP contribution in [0.15, 0.2) is 42.0 Å². The summed E-state index contributed by atoms with van der Waals surface area (Å²) in [5.41, 5.74) is 6.07. The second kappa shape index (κ2) is 5.70. The second-order valence-electron chi connectivity index (χ2n) is 3.74. The molecule has 2 rings (SSSR count). The molecular formula is C14H9ClN2OS. The van der Waals surface area contributed by atoms with Crippen LogP contribution < -0.4 is 5.73 Å². The van der Waals surface area contributed by atoms with Crippen molar-refractivity contribution in [2.45, 2.75) is 0 Å². The topological polar surface area (TPSA) is 66.9 Å². The van der Waals surface area contributed by atoms with E-state index in [0.29, 0.717) is 5.02 Å². The number of nitriles is 1. The van der Waals surface area contributed by atoms with Crippen LogP contribution in [0.25, 0.3) is 16.5 Å². The van der Waals surface area contributed by atoms with Crippen LogP contribution in [0.3, 0.4) is 0 Å². The van der Waals surface area contributed by atoms with Crippen molar-refractivity contribution in [1.82, 2.24) is 0 Å². The highest BCUT2D eigenvalue weighted by Gasteiger charge is 2.06. The Balaban J connectivity index is 2.32. The fraction of sp³-hybridized carbons (Fsp3) is 0. The van der Waals surface area contributed by atoms with Gasteiger partial charge in [-0.2, -0.15) is 5.26 Å². The Kier molecular flexibility index (Phi) is 4.00. The molecule has 0 saturated carbocycles. The highest BCUT2D eigenvalue weighted by atomic mass is 35.5. The van der Waals surface area contributed by atoms with Gasteiger partial charge in [-0.05, 0) is 35.9 Å². The Labute approximate surface area is 119 Å². The largest absolute Gasteiger partial charge is 0.365 e. The van der Waals surface area contributed by atoms with E-state index in [1.165, 1.54) is 17.4 Å². The van der Waals surface area contributed by atoms with Crippen molar-refractivity contribution >= 4 is 34.9 Å². The van der Waals surface area contributed by atoms with Gasteiger partial charge in [-0.3, -0.25) is 4.79 Å². The summed E-state index contributed by atoms with van der Waals surface area (Å²) in [7, 11) is 0. The van der Waals surface area contributed by atoms with Gasteiger partial charge >= 0.3 is 0 Å². The summed E-state index contributed by atoms with van der Waals surface area (Å²) in [5, 5.41) is 9.46. The van der Waals surface area contributed by atoms with Crippen molar-refractivity contribution in [1.29, 1.82) is 5.26 Å². The number of benzene rings is 1. The molecule has 0 unspecified atom stereocenters. The summed E-state index contributed by atoms with van der Waals surface area (Å²) < 4.78 is 0. The number of carbonyl (C=O) groups is 1. The van der Waals surface area contributed by atoms with Crippen LogP contribution in [0.4, 0.5) is 0 Å². The number of hydrogen-bond donors (Lipinski definition) is 1. The zero-order valence-electron chi connectivity index (χ0n) is 9.76. The van der Waals surface area contributed by atoms with Crippen LogP contribution in [0.5, 0.6) is 0 Å². The van der Waals surface area contributed by atoms with E-state index < -0.39 is 5.91 Å². The number of thiophene rings is 1. The molecule has 1 heterocycles. The van der Waals surface area contributed by atoms with E-state index in [1.54, 1.807) is 6.07 Å². The van der Waals surface area contributed by atoms with Crippen molar-refractivity contribution < 1.29 is 4.79 Å². The van der Waals surface area contributed by atoms with E-state index in [9.17, 15) is 4.79 Å². The predicted octanol–water partition coefficient (Wildman–Crippen LogP) is 3.46. The third-order valence-corrected chi connectivity index (χ3v) is 3.76. The van der Waals surface area contributed by atoms with Gasteiger partial charge in [0.15, 0.2) is 0 Å². The number of hydrogen-bond acceptors (Lipinski definition) is 3. The number of primary amides is 1. The quantitative estimate of drug-likeness (QED) is 0.694. The van der Waals surface area contributed by atoms with Crippen LogP contribution in [0.1, 0.15) is 4.88 Å². The number of rotatable bonds is 3. The molecule has 2 N–H and O–H groups in total. The summed E-state index contributed by atoms with van der Waals surface area (Å²) in [6.45, 7) is 0. The highest BCUT2D eigenvalue weighted by Crippen LogP contribution is 2.30. The van der Waals surface area contributed by atoms with Gasteiger partial charge in [-0.25, -0.2) is 0 Å². The fourth-order valence-corrected chi connectivity index (χ4v) is 2.58. The normalized spacial score (nSPS) is 11.1. The zero-order chi connectivity index (χ0) is 13.8. The molecule has 1 amide bonds. The summed E-state index contributed by atoms with van der Waals surface area (Å²) in [6, 6.07) is 13.0. The lowest BCUT2D eigenvalue weighted by molar-refractivity contribution is -0.114. The fourth-order valence-electron chi connectivity index (χ4n) is 1.50. The van der Waals surface area contributed by atoms with Gasteiger partial charge in [-0.1, -0.05) is 23.7 Å². The number of carbonyl (C=O) groups excluding carboxylic acids is 1. The van der Waals surface area contributed by atoms with Gasteiger partial charge in [0.1, 0.15) is 11.6 Å². The van der Waals surface area contributed by atoms with Gasteiger partial charge in [0.25, 0.3) is 5.91 Å². The first-order chi connectivity index (χ1) is 9.10. The molecule has 0 spiro atoms. The van der Waals surface area contributed by atoms with E-state index >= 15 is 0 Å². The van der Waals surface area contributed by atoms with E-state index in [0.717, 1.165) is 15.3 Å². The first kappa shape index (κ1) is 13.3. The Bertz CT molecular complexity index is 680. The molecule has 0 atom stereocenters. The number of amides is 1. The predicted molar refractivity (Wildman–Crippen MR) is 77.5 cm³/mol. The van der Waals surface area contributed by atoms with E-state index in [1.807, 2.05) is 36.4 Å². The van der Waals surface area contributed by atoms with Crippen LogP contribution in [-0.4, -0.2) is 5.91 Å². The molecule has 0 saturated heterocycles. The first-order valence-corrected chi connectivity index (χ1v) is 6.57. The van der Waals surface area contributed by atoms with Gasteiger partial charge in [0.2, 0.25) is 0 Å². The van der Waals surface area contributed by atoms with Gasteiger partial charge in [0.05, 0.1) is 0 Å². The maximum absolute atomic E-state index is 11.0. The molecule has 0 aliphatic carbocycles. The van der Waals surface area contributed by atoms with Gasteiger partial charge < -0.3 is 5.73 Å². The molecule has 0 aliphatic rings. The molecule has 3 nitrogen and oxygen atoms in total. The van der Waals surface area contributed by atoms with Crippen molar-refractivity contribution in [3.63, 3.8) is 0 Å². The van der Waals surface area contributed by atoms with Crippen LogP contribution in [0.2, 0.25) is 5.02 Å². The average Bonchev–Trinajstić information content (AvgIpc) is 2.85. The molecule has 0 bridgehead atoms. The number of halogens is 1. The summed E-state index contributed by atoms with van der Waals surface area (Å²) >= 11 is 7.31. The minimum Gasteiger partial charge on any atom is -0.365 e. The van der Waals surface area contributed by atoms with Crippen molar-refractivity contribution in [3.05, 3.63) is 51.9 Å². The molecule has 1 aromatic heterocycles. The molecule has 0 fully saturated rings. The number of nitrogens with zero attached hydrogens (tertiary/aromatic N) is 1. The number of nitrogens with two attached hydrogens (primary N) is 1. The van der Waals surface area contributed by atoms with Gasteiger partial charge in [-0.15, -0.1) is 11.3 Å². The Morgan fingerprint density at radius 1 is 1.26 bits per heavy atom. The third kappa shape index (κ3) is 3.22. The molecule has 2 aromatic rings. The lowest BCUT2D eigenvalue weighted by Gasteiger charge is -1.96. The lowest BCUT2D eigenvalue weighted by atomic mass is 10.2. The average molecular weight is 289 g/mol. The van der Waals surface area contributed by atoms with Crippen molar-refractivity contribution in [2.75, 3.05) is 0 Å². The molecular weight excluding hydrogens is 280 g/mol. The van der Waals surface area contributed by atoms with Crippen LogP contribution in [0, 0.1) is 11.3 Å². The molecule has 5 heteroatoms. The maximum Gasteiger partial charge on any atom is 0.259 e. The molecule has 0 radical (unpaired) electrons. The minimum atomic E-state index is -0.719. The minimum absolute atomic E-state index is 0.0514. The molecule has 1 aromatic carbocycles. The standard InChI is InChI=1S/C14H9ClN2OS/c15-11-3-1-9(2-4-11)13-6-5-12(19-13)7-10(8-16)14(17)18/h1-7H,(H2,17,18)/b10-7+. The Hall–Kier alpha value is -2.09. The van der Waals surface area contributed by atoms with E-state index in [2.05, 4.69) is 0 Å². The van der Waals surface area contributed by atoms with Gasteiger partial charge in [0, 0.05) is 14.8 Å². The van der Waals surface area contributed by atoms with Crippen molar-refractivity contribution in [2.24, 2.45) is 5.73 Å². The summed E-state index contributed by atoms with van der Waals surface area (Å²) in [6.07, 6.45) is 1.49. The molecule has 94 valence electrons. The highest BCUT2D eigenvalue weighted by molar-refractivity contribution is 7.16. The SMILES string of the molecule is N#C/C(=C\c1ccc(-c2ccc(Cl)cc2)s1)C(N)=O. The van der Waals surface area contributed by atoms with Crippen LogP contribution in [-0.2, 0) is 4.79 Å². The molecule has 19 heavy (non-hydrogen) atoms. The lowest BCUT2D eigenvalue weighted by Crippen LogP contribution is -2.12. The van der Waals surface area contributed by atoms with Crippen LogP contribution >= 0.6 is 22.9 Å². The second-order valence-corrected chi connectivity index (χ2v) is 5.29. The first-order valence-electron chi connectivity index (χ1n) is 5.37. The third-order valence-electron chi connectivity index (χ3n) is 2.43. The van der Waals surface area contributed by atoms with E-state index in [-0.39, 0.29) is 5.57 Å². The monoisotopic (exact) mass is 288 g/mol. The smallest absolute Gasteiger partial charge is 0.259 e. The Morgan fingerprint density at radius 3 is 2.53 bits per heavy atom. The zero-order valence-corrected chi connectivity index (χ0v) is 11.3. The molecule has 0 aliphatic heterocycles. The van der Waals surface area contributed by atoms with Crippen molar-refractivity contribution in [3.8, 4) is 16.5 Å². The maximum atomic E-state index is 11.0. The Morgan fingerprint density at radius 2 is 1.95 bits per heavy atom.